The molecule has 0 radical (unpaired) electrons. The summed E-state index contributed by atoms with van der Waals surface area (Å²) in [6, 6.07) is 9.52. The Hall–Kier alpha value is -2.10. The average Bonchev–Trinajstić information content (AvgIpc) is 2.55. The van der Waals surface area contributed by atoms with Gasteiger partial charge < -0.3 is 9.47 Å². The first-order chi connectivity index (χ1) is 11.1. The van der Waals surface area contributed by atoms with Crippen LogP contribution in [0.1, 0.15) is 45.6 Å². The minimum absolute atomic E-state index is 0.298. The summed E-state index contributed by atoms with van der Waals surface area (Å²) in [5, 5.41) is 0. The van der Waals surface area contributed by atoms with E-state index in [9.17, 15) is 9.59 Å². The van der Waals surface area contributed by atoms with Crippen molar-refractivity contribution in [3.8, 4) is 0 Å². The molecule has 0 spiro atoms. The largest absolute Gasteiger partial charge is 0.466 e. The Morgan fingerprint density at radius 2 is 1.83 bits per heavy atom. The first kappa shape index (κ1) is 18.9. The molecule has 0 aliphatic carbocycles. The number of carbonyl (C=O) groups is 2. The SMILES string of the molecule is CCCC(OC(=O)C=Cc1ccccc1)C(CC)C(=O)OCC. The first-order valence-electron chi connectivity index (χ1n) is 8.22. The van der Waals surface area contributed by atoms with Crippen LogP contribution in [0, 0.1) is 5.92 Å². The maximum Gasteiger partial charge on any atom is 0.331 e. The van der Waals surface area contributed by atoms with Gasteiger partial charge in [-0.05, 0) is 31.4 Å². The van der Waals surface area contributed by atoms with Crippen LogP contribution in [0.25, 0.3) is 6.08 Å². The number of rotatable bonds is 9. The van der Waals surface area contributed by atoms with Crippen molar-refractivity contribution < 1.29 is 19.1 Å². The molecule has 0 aliphatic heterocycles. The molecule has 0 bridgehead atoms. The fraction of sp³-hybridized carbons (Fsp3) is 0.474. The van der Waals surface area contributed by atoms with Crippen molar-refractivity contribution in [1.82, 2.24) is 0 Å². The minimum atomic E-state index is -0.447. The maximum absolute atomic E-state index is 12.0. The highest BCUT2D eigenvalue weighted by molar-refractivity contribution is 5.87. The van der Waals surface area contributed by atoms with E-state index in [4.69, 9.17) is 9.47 Å². The van der Waals surface area contributed by atoms with Gasteiger partial charge in [-0.15, -0.1) is 0 Å². The Bertz CT molecular complexity index is 507. The van der Waals surface area contributed by atoms with E-state index in [2.05, 4.69) is 0 Å². The zero-order valence-corrected chi connectivity index (χ0v) is 14.2. The lowest BCUT2D eigenvalue weighted by Gasteiger charge is -2.24. The highest BCUT2D eigenvalue weighted by Gasteiger charge is 2.30. The van der Waals surface area contributed by atoms with E-state index in [1.807, 2.05) is 44.2 Å². The Kier molecular flexibility index (Phi) is 8.73. The number of esters is 2. The smallest absolute Gasteiger partial charge is 0.331 e. The van der Waals surface area contributed by atoms with Gasteiger partial charge in [0.1, 0.15) is 6.10 Å². The summed E-state index contributed by atoms with van der Waals surface area (Å²) < 4.78 is 10.6. The molecule has 4 heteroatoms. The number of carbonyl (C=O) groups excluding carboxylic acids is 2. The zero-order valence-electron chi connectivity index (χ0n) is 14.2. The van der Waals surface area contributed by atoms with Crippen LogP contribution in [0.15, 0.2) is 36.4 Å². The van der Waals surface area contributed by atoms with Crippen LogP contribution in [-0.4, -0.2) is 24.6 Å². The quantitative estimate of drug-likeness (QED) is 0.510. The van der Waals surface area contributed by atoms with Crippen molar-refractivity contribution in [2.75, 3.05) is 6.61 Å². The molecule has 1 rings (SSSR count). The molecule has 1 aromatic rings. The van der Waals surface area contributed by atoms with Gasteiger partial charge in [0.2, 0.25) is 0 Å². The van der Waals surface area contributed by atoms with Crippen molar-refractivity contribution in [3.63, 3.8) is 0 Å². The molecule has 0 amide bonds. The molecule has 0 N–H and O–H groups in total. The standard InChI is InChI=1S/C19H26O4/c1-4-10-17(16(5-2)19(21)22-6-3)23-18(20)14-13-15-11-8-7-9-12-15/h7-9,11-14,16-17H,4-6,10H2,1-3H3. The number of ether oxygens (including phenoxy) is 2. The molecule has 0 fully saturated rings. The lowest BCUT2D eigenvalue weighted by molar-refractivity contribution is -0.159. The second-order valence-electron chi connectivity index (χ2n) is 5.27. The molecule has 0 saturated heterocycles. The maximum atomic E-state index is 12.0. The van der Waals surface area contributed by atoms with Gasteiger partial charge in [-0.25, -0.2) is 4.79 Å². The average molecular weight is 318 g/mol. The van der Waals surface area contributed by atoms with Crippen LogP contribution >= 0.6 is 0 Å². The van der Waals surface area contributed by atoms with Crippen LogP contribution in [0.4, 0.5) is 0 Å². The summed E-state index contributed by atoms with van der Waals surface area (Å²) in [6.45, 7) is 6.00. The van der Waals surface area contributed by atoms with Crippen molar-refractivity contribution >= 4 is 18.0 Å². The lowest BCUT2D eigenvalue weighted by Crippen LogP contribution is -2.33. The molecule has 0 aromatic heterocycles. The number of hydrogen-bond acceptors (Lipinski definition) is 4. The van der Waals surface area contributed by atoms with Gasteiger partial charge in [0.05, 0.1) is 12.5 Å². The van der Waals surface area contributed by atoms with E-state index >= 15 is 0 Å². The summed E-state index contributed by atoms with van der Waals surface area (Å²) >= 11 is 0. The van der Waals surface area contributed by atoms with Gasteiger partial charge in [-0.2, -0.15) is 0 Å². The highest BCUT2D eigenvalue weighted by Crippen LogP contribution is 2.20. The molecule has 2 unspecified atom stereocenters. The van der Waals surface area contributed by atoms with Gasteiger partial charge in [-0.3, -0.25) is 4.79 Å². The van der Waals surface area contributed by atoms with Crippen LogP contribution in [0.3, 0.4) is 0 Å². The molecule has 2 atom stereocenters. The molecule has 0 heterocycles. The fourth-order valence-corrected chi connectivity index (χ4v) is 2.37. The van der Waals surface area contributed by atoms with Crippen molar-refractivity contribution in [3.05, 3.63) is 42.0 Å². The normalized spacial score (nSPS) is 13.5. The third kappa shape index (κ3) is 6.68. The van der Waals surface area contributed by atoms with Crippen molar-refractivity contribution in [1.29, 1.82) is 0 Å². The minimum Gasteiger partial charge on any atom is -0.466 e. The van der Waals surface area contributed by atoms with E-state index in [1.54, 1.807) is 13.0 Å². The molecular weight excluding hydrogens is 292 g/mol. The molecule has 4 nitrogen and oxygen atoms in total. The summed E-state index contributed by atoms with van der Waals surface area (Å²) in [6.07, 6.45) is 4.71. The summed E-state index contributed by atoms with van der Waals surface area (Å²) in [5.74, 6) is -1.15. The van der Waals surface area contributed by atoms with Gasteiger partial charge >= 0.3 is 11.9 Å². The molecule has 0 saturated carbocycles. The molecule has 0 aliphatic rings. The Morgan fingerprint density at radius 3 is 2.39 bits per heavy atom. The van der Waals surface area contributed by atoms with E-state index in [0.29, 0.717) is 19.4 Å². The summed E-state index contributed by atoms with van der Waals surface area (Å²) in [4.78, 5) is 24.1. The van der Waals surface area contributed by atoms with Gasteiger partial charge in [0, 0.05) is 6.08 Å². The van der Waals surface area contributed by atoms with Crippen LogP contribution in [0.2, 0.25) is 0 Å². The number of hydrogen-bond donors (Lipinski definition) is 0. The van der Waals surface area contributed by atoms with Gasteiger partial charge in [-0.1, -0.05) is 50.6 Å². The molecule has 1 aromatic carbocycles. The van der Waals surface area contributed by atoms with Crippen molar-refractivity contribution in [2.24, 2.45) is 5.92 Å². The second kappa shape index (κ2) is 10.6. The Morgan fingerprint density at radius 1 is 1.13 bits per heavy atom. The molecular formula is C19H26O4. The third-order valence-corrected chi connectivity index (χ3v) is 3.53. The first-order valence-corrected chi connectivity index (χ1v) is 8.22. The fourth-order valence-electron chi connectivity index (χ4n) is 2.37. The van der Waals surface area contributed by atoms with Gasteiger partial charge in [0.15, 0.2) is 0 Å². The van der Waals surface area contributed by atoms with Crippen molar-refractivity contribution in [2.45, 2.75) is 46.1 Å². The predicted molar refractivity (Wildman–Crippen MR) is 90.7 cm³/mol. The topological polar surface area (TPSA) is 52.6 Å². The summed E-state index contributed by atoms with van der Waals surface area (Å²) in [5.41, 5.74) is 0.925. The highest BCUT2D eigenvalue weighted by atomic mass is 16.6. The zero-order chi connectivity index (χ0) is 17.1. The third-order valence-electron chi connectivity index (χ3n) is 3.53. The van der Waals surface area contributed by atoms with Crippen LogP contribution in [0.5, 0.6) is 0 Å². The van der Waals surface area contributed by atoms with E-state index in [1.165, 1.54) is 6.08 Å². The van der Waals surface area contributed by atoms with Crippen LogP contribution in [-0.2, 0) is 19.1 Å². The van der Waals surface area contributed by atoms with Gasteiger partial charge in [0.25, 0.3) is 0 Å². The number of benzene rings is 1. The Balaban J connectivity index is 2.71. The predicted octanol–water partition coefficient (Wildman–Crippen LogP) is 4.00. The van der Waals surface area contributed by atoms with E-state index in [-0.39, 0.29) is 5.97 Å². The second-order valence-corrected chi connectivity index (χ2v) is 5.27. The Labute approximate surface area is 138 Å². The molecule has 23 heavy (non-hydrogen) atoms. The molecule has 126 valence electrons. The monoisotopic (exact) mass is 318 g/mol. The lowest BCUT2D eigenvalue weighted by atomic mass is 9.96. The van der Waals surface area contributed by atoms with E-state index in [0.717, 1.165) is 12.0 Å². The van der Waals surface area contributed by atoms with E-state index < -0.39 is 18.0 Å². The summed E-state index contributed by atoms with van der Waals surface area (Å²) in [7, 11) is 0. The van der Waals surface area contributed by atoms with Crippen LogP contribution < -0.4 is 0 Å².